The van der Waals surface area contributed by atoms with Crippen LogP contribution in [0, 0.1) is 0 Å². The summed E-state index contributed by atoms with van der Waals surface area (Å²) in [5, 5.41) is -0.0963. The molecule has 0 radical (unpaired) electrons. The number of rotatable bonds is 6. The minimum Gasteiger partial charge on any atom is -0.493 e. The lowest BCUT2D eigenvalue weighted by Crippen LogP contribution is -2.04. The average Bonchev–Trinajstić information content (AvgIpc) is 3.10. The lowest BCUT2D eigenvalue weighted by molar-refractivity contribution is 0.112. The summed E-state index contributed by atoms with van der Waals surface area (Å²) in [7, 11) is -8.23. The van der Waals surface area contributed by atoms with E-state index in [1.807, 2.05) is 0 Å². The Morgan fingerprint density at radius 3 is 3.12 bits per heavy atom. The van der Waals surface area contributed by atoms with Crippen molar-refractivity contribution in [3.63, 3.8) is 0 Å². The molecule has 0 saturated heterocycles. The third-order valence-electron chi connectivity index (χ3n) is 3.09. The zero-order valence-corrected chi connectivity index (χ0v) is 12.7. The number of benzene rings is 1. The molecule has 0 amide bonds. The molecule has 0 spiro atoms. The van der Waals surface area contributed by atoms with Gasteiger partial charge in [-0.05, 0) is 18.2 Å². The van der Waals surface area contributed by atoms with Crippen LogP contribution < -0.4 is 9.47 Å². The maximum atomic E-state index is 12.9. The molecule has 3 rings (SSSR count). The van der Waals surface area contributed by atoms with Crippen molar-refractivity contribution in [2.24, 2.45) is 0 Å². The molecule has 2 aromatic heterocycles. The van der Waals surface area contributed by atoms with Crippen molar-refractivity contribution in [1.82, 2.24) is 15.0 Å². The molecule has 7 nitrogen and oxygen atoms in total. The first kappa shape index (κ1) is 8.39. The Morgan fingerprint density at radius 1 is 1.46 bits per heavy atom. The predicted molar refractivity (Wildman–Crippen MR) is 88.9 cm³/mol. The molecular formula is C16H15N3O4S. The van der Waals surface area contributed by atoms with E-state index in [9.17, 15) is 9.00 Å². The highest BCUT2D eigenvalue weighted by Gasteiger charge is 2.17. The Morgan fingerprint density at radius 2 is 2.33 bits per heavy atom. The molecule has 1 atom stereocenters. The van der Waals surface area contributed by atoms with Crippen LogP contribution in [0.2, 0.25) is 0 Å². The van der Waals surface area contributed by atoms with Crippen molar-refractivity contribution < 1.29 is 30.8 Å². The van der Waals surface area contributed by atoms with Crippen molar-refractivity contribution >= 4 is 28.1 Å². The Balaban J connectivity index is 2.05. The summed E-state index contributed by atoms with van der Waals surface area (Å²) in [4.78, 5) is 21.8. The zero-order valence-electron chi connectivity index (χ0n) is 20.9. The van der Waals surface area contributed by atoms with E-state index in [2.05, 4.69) is 15.0 Å². The van der Waals surface area contributed by atoms with Crippen LogP contribution in [0.1, 0.15) is 28.4 Å². The molecule has 0 aliphatic heterocycles. The molecule has 2 heterocycles. The number of H-pyrrole nitrogens is 1. The highest BCUT2D eigenvalue weighted by Crippen LogP contribution is 2.30. The largest absolute Gasteiger partial charge is 0.493 e. The minimum absolute atomic E-state index is 0.0786. The highest BCUT2D eigenvalue weighted by molar-refractivity contribution is 7.84. The van der Waals surface area contributed by atoms with Gasteiger partial charge in [-0.2, -0.15) is 0 Å². The molecule has 0 bridgehead atoms. The topological polar surface area (TPSA) is 94.2 Å². The van der Waals surface area contributed by atoms with Gasteiger partial charge in [-0.15, -0.1) is 0 Å². The van der Waals surface area contributed by atoms with Crippen LogP contribution in [0.5, 0.6) is 11.5 Å². The van der Waals surface area contributed by atoms with Crippen LogP contribution in [0.3, 0.4) is 0 Å². The van der Waals surface area contributed by atoms with Crippen molar-refractivity contribution in [1.29, 1.82) is 0 Å². The number of ether oxygens (including phenoxy) is 2. The van der Waals surface area contributed by atoms with Crippen LogP contribution in [-0.2, 0) is 16.6 Å². The first-order valence-electron chi connectivity index (χ1n) is 10.9. The van der Waals surface area contributed by atoms with Gasteiger partial charge in [0.05, 0.1) is 58.3 Å². The number of fused-ring (bicyclic) bond motifs is 1. The predicted octanol–water partition coefficient (Wildman–Crippen LogP) is 2.10. The quantitative estimate of drug-likeness (QED) is 0.681. The molecule has 0 aliphatic carbocycles. The van der Waals surface area contributed by atoms with Gasteiger partial charge in [0.15, 0.2) is 16.7 Å². The first-order chi connectivity index (χ1) is 15.1. The first-order valence-corrected chi connectivity index (χ1v) is 7.74. The average molecular weight is 354 g/mol. The highest BCUT2D eigenvalue weighted by atomic mass is 32.2. The summed E-state index contributed by atoms with van der Waals surface area (Å²) in [5.41, 5.74) is 0.337. The van der Waals surface area contributed by atoms with Crippen LogP contribution in [0.25, 0.3) is 11.0 Å². The molecule has 0 aliphatic rings. The summed E-state index contributed by atoms with van der Waals surface area (Å²) >= 11 is 0. The minimum atomic E-state index is -3.10. The molecule has 1 aromatic carbocycles. The molecule has 3 aromatic rings. The standard InChI is InChI=1S/C16H15N3O4S/c1-22-14-5-6-17-13(15(14)23-2)9-24(21)16-18-11-4-3-10(8-20)7-12(11)19-16/h3-8H,9H2,1-2H3,(H,18,19)/i1D3,2D3,5D,6D,8D. The van der Waals surface area contributed by atoms with E-state index in [1.165, 1.54) is 18.2 Å². The maximum absolute atomic E-state index is 12.9. The van der Waals surface area contributed by atoms with E-state index >= 15 is 0 Å². The molecule has 8 heteroatoms. The number of hydrogen-bond acceptors (Lipinski definition) is 6. The molecule has 1 unspecified atom stereocenters. The molecule has 0 saturated carbocycles. The van der Waals surface area contributed by atoms with E-state index in [0.717, 1.165) is 0 Å². The van der Waals surface area contributed by atoms with Crippen molar-refractivity contribution in [2.45, 2.75) is 10.9 Å². The number of aromatic nitrogens is 3. The normalized spacial score (nSPS) is 18.6. The summed E-state index contributed by atoms with van der Waals surface area (Å²) in [6.07, 6.45) is -1.67. The second kappa shape index (κ2) is 6.79. The van der Waals surface area contributed by atoms with Crippen LogP contribution >= 0.6 is 0 Å². The zero-order chi connectivity index (χ0) is 24.7. The summed E-state index contributed by atoms with van der Waals surface area (Å²) in [6, 6.07) is 3.33. The number of methoxy groups -OCH3 is 2. The number of nitrogens with zero attached hydrogens (tertiary/aromatic N) is 2. The van der Waals surface area contributed by atoms with Crippen molar-refractivity contribution in [3.8, 4) is 11.5 Å². The second-order valence-corrected chi connectivity index (χ2v) is 5.89. The summed E-state index contributed by atoms with van der Waals surface area (Å²) < 4.78 is 89.1. The molecule has 1 N–H and O–H groups in total. The van der Waals surface area contributed by atoms with Crippen LogP contribution in [0.4, 0.5) is 0 Å². The van der Waals surface area contributed by atoms with E-state index in [4.69, 9.17) is 21.8 Å². The van der Waals surface area contributed by atoms with Gasteiger partial charge in [0.2, 0.25) is 0 Å². The van der Waals surface area contributed by atoms with Gasteiger partial charge in [-0.3, -0.25) is 14.0 Å². The fourth-order valence-corrected chi connectivity index (χ4v) is 3.01. The Hall–Kier alpha value is -2.74. The maximum Gasteiger partial charge on any atom is 0.197 e. The monoisotopic (exact) mass is 354 g/mol. The summed E-state index contributed by atoms with van der Waals surface area (Å²) in [5.74, 6) is -2.17. The molecular weight excluding hydrogens is 330 g/mol. The lowest BCUT2D eigenvalue weighted by Gasteiger charge is -2.10. The number of aldehydes is 1. The molecule has 124 valence electrons. The number of carbonyl (C=O) groups is 1. The van der Waals surface area contributed by atoms with Gasteiger partial charge in [0, 0.05) is 17.8 Å². The Kier molecular flexibility index (Phi) is 2.37. The lowest BCUT2D eigenvalue weighted by atomic mass is 10.2. The Bertz CT molecular complexity index is 1260. The van der Waals surface area contributed by atoms with Crippen molar-refractivity contribution in [3.05, 3.63) is 41.7 Å². The molecule has 0 fully saturated rings. The number of carbonyl (C=O) groups excluding carboxylic acids is 1. The van der Waals surface area contributed by atoms with Crippen molar-refractivity contribution in [2.75, 3.05) is 14.1 Å². The van der Waals surface area contributed by atoms with Gasteiger partial charge in [-0.25, -0.2) is 4.98 Å². The Labute approximate surface area is 153 Å². The van der Waals surface area contributed by atoms with E-state index in [0.29, 0.717) is 11.0 Å². The SMILES string of the molecule is [2H]C(=O)c1ccc2nc(S(=O)Cc3nc([2H])c([2H])c(OC([2H])([2H])[2H])c3OC([2H])([2H])[2H])[nH]c2c1. The smallest absolute Gasteiger partial charge is 0.197 e. The van der Waals surface area contributed by atoms with Gasteiger partial charge in [0.25, 0.3) is 0 Å². The van der Waals surface area contributed by atoms with Crippen LogP contribution in [0.15, 0.2) is 35.6 Å². The van der Waals surface area contributed by atoms with Gasteiger partial charge < -0.3 is 14.5 Å². The number of hydrogen-bond donors (Lipinski definition) is 1. The molecule has 24 heavy (non-hydrogen) atoms. The number of pyridine rings is 1. The number of nitrogens with one attached hydrogen (secondary N) is 1. The van der Waals surface area contributed by atoms with E-state index < -0.39 is 66.3 Å². The summed E-state index contributed by atoms with van der Waals surface area (Å²) in [6.45, 7) is 0. The van der Waals surface area contributed by atoms with Gasteiger partial charge in [0.1, 0.15) is 7.63 Å². The van der Waals surface area contributed by atoms with Gasteiger partial charge >= 0.3 is 0 Å². The fourth-order valence-electron chi connectivity index (χ4n) is 2.01. The third-order valence-corrected chi connectivity index (χ3v) is 4.25. The number of aromatic amines is 1. The van der Waals surface area contributed by atoms with Crippen LogP contribution in [-0.4, -0.2) is 39.5 Å². The third kappa shape index (κ3) is 3.00. The van der Waals surface area contributed by atoms with Gasteiger partial charge in [-0.1, -0.05) is 0 Å². The van der Waals surface area contributed by atoms with E-state index in [-0.39, 0.29) is 10.7 Å². The van der Waals surface area contributed by atoms with E-state index in [1.54, 1.807) is 0 Å². The second-order valence-electron chi connectivity index (χ2n) is 4.52. The fraction of sp³-hybridized carbons (Fsp3) is 0.188. The number of imidazole rings is 1.